The van der Waals surface area contributed by atoms with Crippen LogP contribution < -0.4 is 20.9 Å². The van der Waals surface area contributed by atoms with E-state index in [2.05, 4.69) is 16.0 Å². The molecule has 0 fully saturated rings. The van der Waals surface area contributed by atoms with E-state index in [1.807, 2.05) is 43.3 Å². The van der Waals surface area contributed by atoms with Gasteiger partial charge in [0.15, 0.2) is 5.78 Å². The molecule has 1 atom stereocenters. The molecular formula is C26H26Cl2N4O3. The predicted octanol–water partition coefficient (Wildman–Crippen LogP) is 5.94. The van der Waals surface area contributed by atoms with Crippen LogP contribution in [0.15, 0.2) is 66.7 Å². The minimum absolute atomic E-state index is 0.0943. The van der Waals surface area contributed by atoms with Crippen LogP contribution in [0.3, 0.4) is 0 Å². The fraction of sp³-hybridized carbons (Fsp3) is 0.192. The van der Waals surface area contributed by atoms with Gasteiger partial charge in [0, 0.05) is 31.2 Å². The van der Waals surface area contributed by atoms with Gasteiger partial charge in [0.2, 0.25) is 0 Å². The highest BCUT2D eigenvalue weighted by molar-refractivity contribution is 6.39. The monoisotopic (exact) mass is 512 g/mol. The third kappa shape index (κ3) is 6.12. The van der Waals surface area contributed by atoms with Crippen molar-refractivity contribution in [2.75, 3.05) is 29.6 Å². The summed E-state index contributed by atoms with van der Waals surface area (Å²) in [5.74, 6) is -0.853. The number of carbonyl (C=O) groups is 3. The molecular weight excluding hydrogens is 487 g/mol. The van der Waals surface area contributed by atoms with Crippen molar-refractivity contribution in [2.45, 2.75) is 19.4 Å². The number of Topliss-reactive ketones (excluding diaryl/α,β-unsaturated/α-hetero) is 1. The minimum atomic E-state index is -1.34. The van der Waals surface area contributed by atoms with Gasteiger partial charge >= 0.3 is 6.03 Å². The number of hydrogen-bond donors (Lipinski definition) is 3. The van der Waals surface area contributed by atoms with Gasteiger partial charge in [0.25, 0.3) is 5.91 Å². The van der Waals surface area contributed by atoms with Crippen molar-refractivity contribution < 1.29 is 14.4 Å². The van der Waals surface area contributed by atoms with Gasteiger partial charge in [-0.05, 0) is 67.9 Å². The van der Waals surface area contributed by atoms with Crippen LogP contribution in [-0.2, 0) is 10.3 Å². The Morgan fingerprint density at radius 2 is 1.29 bits per heavy atom. The Morgan fingerprint density at radius 3 is 1.74 bits per heavy atom. The number of anilines is 3. The van der Waals surface area contributed by atoms with Crippen LogP contribution in [0.5, 0.6) is 0 Å². The number of nitrogens with zero attached hydrogens (tertiary/aromatic N) is 1. The van der Waals surface area contributed by atoms with Gasteiger partial charge in [-0.2, -0.15) is 0 Å². The zero-order valence-electron chi connectivity index (χ0n) is 19.8. The molecule has 0 bridgehead atoms. The van der Waals surface area contributed by atoms with Gasteiger partial charge in [-0.3, -0.25) is 9.59 Å². The van der Waals surface area contributed by atoms with E-state index in [1.165, 1.54) is 6.92 Å². The molecule has 9 heteroatoms. The molecule has 0 saturated heterocycles. The summed E-state index contributed by atoms with van der Waals surface area (Å²) < 4.78 is 0. The van der Waals surface area contributed by atoms with Crippen molar-refractivity contribution in [2.24, 2.45) is 0 Å². The van der Waals surface area contributed by atoms with Crippen molar-refractivity contribution in [3.05, 3.63) is 87.9 Å². The fourth-order valence-electron chi connectivity index (χ4n) is 3.39. The van der Waals surface area contributed by atoms with Crippen LogP contribution in [0.4, 0.5) is 21.9 Å². The summed E-state index contributed by atoms with van der Waals surface area (Å²) in [7, 11) is 3.88. The number of nitrogens with one attached hydrogen (secondary N) is 3. The molecule has 3 N–H and O–H groups in total. The number of ketones is 1. The first-order valence-electron chi connectivity index (χ1n) is 10.7. The highest BCUT2D eigenvalue weighted by Crippen LogP contribution is 2.28. The number of rotatable bonds is 7. The molecule has 1 unspecified atom stereocenters. The molecule has 3 aromatic carbocycles. The minimum Gasteiger partial charge on any atom is -0.378 e. The van der Waals surface area contributed by atoms with Gasteiger partial charge in [-0.25, -0.2) is 4.79 Å². The number of carbonyl (C=O) groups excluding carboxylic acids is 3. The second kappa shape index (κ2) is 10.8. The zero-order chi connectivity index (χ0) is 25.8. The Morgan fingerprint density at radius 1 is 0.800 bits per heavy atom. The average molecular weight is 513 g/mol. The molecule has 0 spiro atoms. The number of hydrogen-bond acceptors (Lipinski definition) is 4. The number of amides is 3. The standard InChI is InChI=1S/C26H26Cl2N4O3/c1-16(33)26(2,31-24(34)23-21(27)6-5-7-22(23)28)17-8-10-18(11-9-17)29-25(35)30-19-12-14-20(15-13-19)32(3)4/h5-15H,1-4H3,(H,31,34)(H2,29,30,35). The predicted molar refractivity (Wildman–Crippen MR) is 142 cm³/mol. The first-order valence-corrected chi connectivity index (χ1v) is 11.5. The van der Waals surface area contributed by atoms with E-state index in [4.69, 9.17) is 23.2 Å². The van der Waals surface area contributed by atoms with Crippen molar-refractivity contribution in [1.82, 2.24) is 5.32 Å². The third-order valence-electron chi connectivity index (χ3n) is 5.62. The summed E-state index contributed by atoms with van der Waals surface area (Å²) in [6, 6.07) is 18.4. The molecule has 0 aromatic heterocycles. The summed E-state index contributed by atoms with van der Waals surface area (Å²) in [6.45, 7) is 2.99. The van der Waals surface area contributed by atoms with Gasteiger partial charge in [0.1, 0.15) is 5.54 Å². The van der Waals surface area contributed by atoms with Crippen molar-refractivity contribution in [1.29, 1.82) is 0 Å². The molecule has 0 aliphatic heterocycles. The Kier molecular flexibility index (Phi) is 8.04. The van der Waals surface area contributed by atoms with Crippen LogP contribution in [0.25, 0.3) is 0 Å². The molecule has 3 aromatic rings. The zero-order valence-corrected chi connectivity index (χ0v) is 21.3. The quantitative estimate of drug-likeness (QED) is 0.365. The second-order valence-corrected chi connectivity index (χ2v) is 9.14. The first-order chi connectivity index (χ1) is 16.5. The molecule has 3 amide bonds. The second-order valence-electron chi connectivity index (χ2n) is 8.33. The summed E-state index contributed by atoms with van der Waals surface area (Å²) in [6.07, 6.45) is 0. The number of urea groups is 1. The lowest BCUT2D eigenvalue weighted by Gasteiger charge is -2.29. The molecule has 7 nitrogen and oxygen atoms in total. The van der Waals surface area contributed by atoms with Crippen LogP contribution >= 0.6 is 23.2 Å². The van der Waals surface area contributed by atoms with E-state index < -0.39 is 17.5 Å². The smallest absolute Gasteiger partial charge is 0.323 e. The lowest BCUT2D eigenvalue weighted by molar-refractivity contribution is -0.122. The van der Waals surface area contributed by atoms with Crippen LogP contribution in [0, 0.1) is 0 Å². The Bertz CT molecular complexity index is 1220. The lowest BCUT2D eigenvalue weighted by atomic mass is 9.87. The van der Waals surface area contributed by atoms with Crippen LogP contribution in [-0.4, -0.2) is 31.8 Å². The summed E-state index contributed by atoms with van der Waals surface area (Å²) >= 11 is 12.3. The van der Waals surface area contributed by atoms with Crippen molar-refractivity contribution in [3.8, 4) is 0 Å². The third-order valence-corrected chi connectivity index (χ3v) is 6.25. The summed E-state index contributed by atoms with van der Waals surface area (Å²) in [5.41, 5.74) is 1.47. The molecule has 182 valence electrons. The SMILES string of the molecule is CC(=O)C(C)(NC(=O)c1c(Cl)cccc1Cl)c1ccc(NC(=O)Nc2ccc(N(C)C)cc2)cc1. The maximum absolute atomic E-state index is 12.9. The Labute approximate surface area is 214 Å². The fourth-order valence-corrected chi connectivity index (χ4v) is 3.96. The average Bonchev–Trinajstić information content (AvgIpc) is 2.79. The first kappa shape index (κ1) is 26.1. The topological polar surface area (TPSA) is 90.5 Å². The summed E-state index contributed by atoms with van der Waals surface area (Å²) in [4.78, 5) is 39.8. The van der Waals surface area contributed by atoms with E-state index in [0.29, 0.717) is 16.9 Å². The van der Waals surface area contributed by atoms with Crippen molar-refractivity contribution in [3.63, 3.8) is 0 Å². The van der Waals surface area contributed by atoms with E-state index in [1.54, 1.807) is 49.4 Å². The van der Waals surface area contributed by atoms with Gasteiger partial charge < -0.3 is 20.9 Å². The number of halogens is 2. The highest BCUT2D eigenvalue weighted by Gasteiger charge is 2.35. The molecule has 0 radical (unpaired) electrons. The van der Waals surface area contributed by atoms with Crippen LogP contribution in [0.1, 0.15) is 29.8 Å². The Balaban J connectivity index is 1.72. The van der Waals surface area contributed by atoms with Crippen LogP contribution in [0.2, 0.25) is 10.0 Å². The maximum Gasteiger partial charge on any atom is 0.323 e. The molecule has 35 heavy (non-hydrogen) atoms. The van der Waals surface area contributed by atoms with E-state index in [0.717, 1.165) is 5.69 Å². The number of benzene rings is 3. The molecule has 0 aliphatic carbocycles. The van der Waals surface area contributed by atoms with Gasteiger partial charge in [-0.1, -0.05) is 41.4 Å². The lowest BCUT2D eigenvalue weighted by Crippen LogP contribution is -2.48. The highest BCUT2D eigenvalue weighted by atomic mass is 35.5. The van der Waals surface area contributed by atoms with Crippen molar-refractivity contribution >= 4 is 58.0 Å². The molecule has 0 heterocycles. The molecule has 3 rings (SSSR count). The largest absolute Gasteiger partial charge is 0.378 e. The maximum atomic E-state index is 12.9. The van der Waals surface area contributed by atoms with Gasteiger partial charge in [-0.15, -0.1) is 0 Å². The normalized spacial score (nSPS) is 12.3. The van der Waals surface area contributed by atoms with E-state index in [-0.39, 0.29) is 21.4 Å². The van der Waals surface area contributed by atoms with E-state index >= 15 is 0 Å². The van der Waals surface area contributed by atoms with E-state index in [9.17, 15) is 14.4 Å². The molecule has 0 aliphatic rings. The Hall–Kier alpha value is -3.55. The summed E-state index contributed by atoms with van der Waals surface area (Å²) in [5, 5.41) is 8.64. The molecule has 0 saturated carbocycles. The van der Waals surface area contributed by atoms with Gasteiger partial charge in [0.05, 0.1) is 15.6 Å².